The average Bonchev–Trinajstić information content (AvgIpc) is 3.03. The molecule has 0 spiro atoms. The van der Waals surface area contributed by atoms with Gasteiger partial charge in [0, 0.05) is 24.1 Å². The fourth-order valence-electron chi connectivity index (χ4n) is 1.85. The van der Waals surface area contributed by atoms with Crippen LogP contribution in [0.5, 0.6) is 0 Å². The average molecular weight is 357 g/mol. The van der Waals surface area contributed by atoms with Crippen molar-refractivity contribution in [3.8, 4) is 0 Å². The third kappa shape index (κ3) is 5.85. The molecule has 3 atom stereocenters. The fraction of sp³-hybridized carbons (Fsp3) is 0.571. The molecule has 0 aliphatic carbocycles. The quantitative estimate of drug-likeness (QED) is 0.309. The van der Waals surface area contributed by atoms with Crippen LogP contribution in [0.2, 0.25) is 0 Å². The van der Waals surface area contributed by atoms with Crippen LogP contribution in [0, 0.1) is 5.92 Å². The van der Waals surface area contributed by atoms with Gasteiger partial charge in [0.1, 0.15) is 12.1 Å². The maximum atomic E-state index is 12.4. The molecule has 9 nitrogen and oxygen atoms in total. The number of carboxylic acid groups (broad SMARTS) is 1. The number of aliphatic carboxylic acids is 1. The summed E-state index contributed by atoms with van der Waals surface area (Å²) >= 11 is 3.90. The van der Waals surface area contributed by atoms with E-state index in [0.717, 1.165) is 0 Å². The van der Waals surface area contributed by atoms with Gasteiger partial charge < -0.3 is 26.5 Å². The number of nitrogens with two attached hydrogens (primary N) is 1. The van der Waals surface area contributed by atoms with Gasteiger partial charge in [0.15, 0.2) is 0 Å². The summed E-state index contributed by atoms with van der Waals surface area (Å²) in [5.74, 6) is -2.50. The van der Waals surface area contributed by atoms with Crippen molar-refractivity contribution < 1.29 is 19.5 Å². The molecule has 0 saturated heterocycles. The molecule has 1 aromatic heterocycles. The second kappa shape index (κ2) is 9.28. The standard InChI is InChI=1S/C14H23N5O4S/c1-7(2)11(15)13(21)18-9(3-8-4-16-6-17-8)12(20)19-10(5-24)14(22)23/h4,6-7,9-11,24H,3,5,15H2,1-2H3,(H,16,17)(H,18,21)(H,19,20)(H,22,23)/t9-,10-,11-/m0/s1. The van der Waals surface area contributed by atoms with Crippen LogP contribution in [-0.4, -0.2) is 56.7 Å². The highest BCUT2D eigenvalue weighted by Crippen LogP contribution is 2.03. The van der Waals surface area contributed by atoms with Crippen molar-refractivity contribution in [3.05, 3.63) is 18.2 Å². The number of thiol groups is 1. The largest absolute Gasteiger partial charge is 0.480 e. The van der Waals surface area contributed by atoms with E-state index in [-0.39, 0.29) is 18.1 Å². The first-order chi connectivity index (χ1) is 11.3. The zero-order valence-corrected chi connectivity index (χ0v) is 14.4. The summed E-state index contributed by atoms with van der Waals surface area (Å²) < 4.78 is 0. The van der Waals surface area contributed by atoms with Crippen molar-refractivity contribution in [1.82, 2.24) is 20.6 Å². The van der Waals surface area contributed by atoms with Crippen molar-refractivity contribution in [2.24, 2.45) is 11.7 Å². The number of aromatic nitrogens is 2. The molecule has 2 amide bonds. The van der Waals surface area contributed by atoms with Gasteiger partial charge in [-0.05, 0) is 5.92 Å². The molecule has 1 aromatic rings. The lowest BCUT2D eigenvalue weighted by Gasteiger charge is -2.23. The molecule has 1 heterocycles. The monoisotopic (exact) mass is 357 g/mol. The highest BCUT2D eigenvalue weighted by atomic mass is 32.1. The number of carbonyl (C=O) groups is 3. The number of rotatable bonds is 9. The summed E-state index contributed by atoms with van der Waals surface area (Å²) in [7, 11) is 0. The van der Waals surface area contributed by atoms with Crippen molar-refractivity contribution in [1.29, 1.82) is 0 Å². The van der Waals surface area contributed by atoms with E-state index in [1.165, 1.54) is 12.5 Å². The van der Waals surface area contributed by atoms with Crippen molar-refractivity contribution in [2.45, 2.75) is 38.4 Å². The van der Waals surface area contributed by atoms with Gasteiger partial charge in [-0.3, -0.25) is 9.59 Å². The van der Waals surface area contributed by atoms with Crippen molar-refractivity contribution in [2.75, 3.05) is 5.75 Å². The first-order valence-corrected chi connectivity index (χ1v) is 8.06. The number of imidazole rings is 1. The SMILES string of the molecule is CC(C)[C@H](N)C(=O)N[C@@H](Cc1cnc[nH]1)C(=O)N[C@@H](CS)C(=O)O. The lowest BCUT2D eigenvalue weighted by molar-refractivity contribution is -0.141. The number of amides is 2. The van der Waals surface area contributed by atoms with Crippen LogP contribution in [0.3, 0.4) is 0 Å². The van der Waals surface area contributed by atoms with Gasteiger partial charge in [0.2, 0.25) is 11.8 Å². The van der Waals surface area contributed by atoms with Crippen LogP contribution < -0.4 is 16.4 Å². The fourth-order valence-corrected chi connectivity index (χ4v) is 2.10. The number of H-pyrrole nitrogens is 1. The highest BCUT2D eigenvalue weighted by molar-refractivity contribution is 7.80. The van der Waals surface area contributed by atoms with E-state index >= 15 is 0 Å². The normalized spacial score (nSPS) is 14.7. The zero-order valence-electron chi connectivity index (χ0n) is 13.5. The first-order valence-electron chi connectivity index (χ1n) is 7.43. The van der Waals surface area contributed by atoms with E-state index in [9.17, 15) is 14.4 Å². The number of aromatic amines is 1. The van der Waals surface area contributed by atoms with Gasteiger partial charge in [-0.1, -0.05) is 13.8 Å². The summed E-state index contributed by atoms with van der Waals surface area (Å²) in [6.07, 6.45) is 3.09. The van der Waals surface area contributed by atoms with Gasteiger partial charge in [-0.2, -0.15) is 12.6 Å². The van der Waals surface area contributed by atoms with E-state index in [1.807, 2.05) is 0 Å². The smallest absolute Gasteiger partial charge is 0.327 e. The van der Waals surface area contributed by atoms with Crippen LogP contribution in [0.15, 0.2) is 12.5 Å². The van der Waals surface area contributed by atoms with Crippen molar-refractivity contribution in [3.63, 3.8) is 0 Å². The number of hydrogen-bond donors (Lipinski definition) is 6. The van der Waals surface area contributed by atoms with E-state index < -0.39 is 35.9 Å². The number of nitrogens with one attached hydrogen (secondary N) is 3. The number of carboxylic acids is 1. The predicted octanol–water partition coefficient (Wildman–Crippen LogP) is -1.08. The lowest BCUT2D eigenvalue weighted by Crippen LogP contribution is -2.56. The third-order valence-electron chi connectivity index (χ3n) is 3.43. The molecule has 6 N–H and O–H groups in total. The summed E-state index contributed by atoms with van der Waals surface area (Å²) in [5, 5.41) is 13.9. The molecule has 10 heteroatoms. The third-order valence-corrected chi connectivity index (χ3v) is 3.80. The minimum Gasteiger partial charge on any atom is -0.480 e. The van der Waals surface area contributed by atoms with E-state index in [4.69, 9.17) is 10.8 Å². The Hall–Kier alpha value is -2.07. The minimum atomic E-state index is -1.20. The molecule has 0 unspecified atom stereocenters. The number of nitrogens with zero attached hydrogens (tertiary/aromatic N) is 1. The molecule has 24 heavy (non-hydrogen) atoms. The second-order valence-corrected chi connectivity index (χ2v) is 6.06. The Labute approximate surface area is 145 Å². The second-order valence-electron chi connectivity index (χ2n) is 5.69. The molecule has 134 valence electrons. The van der Waals surface area contributed by atoms with Crippen LogP contribution in [0.1, 0.15) is 19.5 Å². The van der Waals surface area contributed by atoms with E-state index in [0.29, 0.717) is 5.69 Å². The predicted molar refractivity (Wildman–Crippen MR) is 90.5 cm³/mol. The summed E-state index contributed by atoms with van der Waals surface area (Å²) in [5.41, 5.74) is 6.40. The Balaban J connectivity index is 2.86. The molecule has 0 fully saturated rings. The molecule has 0 aliphatic heterocycles. The molecular weight excluding hydrogens is 334 g/mol. The number of hydrogen-bond acceptors (Lipinski definition) is 6. The van der Waals surface area contributed by atoms with Gasteiger partial charge in [0.25, 0.3) is 0 Å². The van der Waals surface area contributed by atoms with Gasteiger partial charge >= 0.3 is 5.97 Å². The van der Waals surface area contributed by atoms with E-state index in [1.54, 1.807) is 13.8 Å². The molecule has 0 aromatic carbocycles. The first kappa shape index (κ1) is 20.0. The zero-order chi connectivity index (χ0) is 18.3. The highest BCUT2D eigenvalue weighted by Gasteiger charge is 2.28. The Morgan fingerprint density at radius 2 is 1.92 bits per heavy atom. The van der Waals surface area contributed by atoms with Crippen LogP contribution >= 0.6 is 12.6 Å². The van der Waals surface area contributed by atoms with E-state index in [2.05, 4.69) is 33.2 Å². The van der Waals surface area contributed by atoms with Gasteiger partial charge in [-0.25, -0.2) is 9.78 Å². The molecular formula is C14H23N5O4S. The molecule has 0 saturated carbocycles. The number of carbonyl (C=O) groups excluding carboxylic acids is 2. The summed E-state index contributed by atoms with van der Waals surface area (Å²) in [6.45, 7) is 3.57. The maximum Gasteiger partial charge on any atom is 0.327 e. The minimum absolute atomic E-state index is 0.0721. The molecule has 0 radical (unpaired) electrons. The van der Waals surface area contributed by atoms with Crippen LogP contribution in [0.4, 0.5) is 0 Å². The van der Waals surface area contributed by atoms with Crippen LogP contribution in [0.25, 0.3) is 0 Å². The Bertz CT molecular complexity index is 564. The van der Waals surface area contributed by atoms with Crippen molar-refractivity contribution >= 4 is 30.4 Å². The maximum absolute atomic E-state index is 12.4. The molecule has 0 bridgehead atoms. The van der Waals surface area contributed by atoms with Crippen LogP contribution in [-0.2, 0) is 20.8 Å². The summed E-state index contributed by atoms with van der Waals surface area (Å²) in [6, 6.07) is -2.91. The topological polar surface area (TPSA) is 150 Å². The Kier molecular flexibility index (Phi) is 7.72. The lowest BCUT2D eigenvalue weighted by atomic mass is 10.0. The molecule has 1 rings (SSSR count). The Morgan fingerprint density at radius 1 is 1.29 bits per heavy atom. The summed E-state index contributed by atoms with van der Waals surface area (Å²) in [4.78, 5) is 42.2. The molecule has 0 aliphatic rings. The van der Waals surface area contributed by atoms with Gasteiger partial charge in [0.05, 0.1) is 12.4 Å². The van der Waals surface area contributed by atoms with Gasteiger partial charge in [-0.15, -0.1) is 0 Å². The Morgan fingerprint density at radius 3 is 2.38 bits per heavy atom.